The van der Waals surface area contributed by atoms with Gasteiger partial charge >= 0.3 is 0 Å². The van der Waals surface area contributed by atoms with Crippen molar-refractivity contribution in [2.45, 2.75) is 12.8 Å². The molecular weight excluding hydrogens is 308 g/mol. The van der Waals surface area contributed by atoms with Crippen LogP contribution in [0.5, 0.6) is 0 Å². The molecule has 0 bridgehead atoms. The summed E-state index contributed by atoms with van der Waals surface area (Å²) in [5.74, 6) is 0.939. The molecule has 4 aromatic rings. The van der Waals surface area contributed by atoms with Gasteiger partial charge in [-0.1, -0.05) is 43.5 Å². The van der Waals surface area contributed by atoms with E-state index in [0.29, 0.717) is 0 Å². The number of nitrogens with zero attached hydrogens (tertiary/aromatic N) is 3. The van der Waals surface area contributed by atoms with E-state index >= 15 is 0 Å². The molecule has 0 saturated carbocycles. The third-order valence-electron chi connectivity index (χ3n) is 4.32. The summed E-state index contributed by atoms with van der Waals surface area (Å²) in [5.41, 5.74) is 6.82. The van der Waals surface area contributed by atoms with Gasteiger partial charge in [0.25, 0.3) is 0 Å². The van der Waals surface area contributed by atoms with Gasteiger partial charge in [0, 0.05) is 18.2 Å². The summed E-state index contributed by atoms with van der Waals surface area (Å²) in [5, 5.41) is 0. The molecular formula is C21H18N4. The Hall–Kier alpha value is -3.27. The van der Waals surface area contributed by atoms with Crippen molar-refractivity contribution < 1.29 is 0 Å². The third-order valence-corrected chi connectivity index (χ3v) is 4.32. The largest absolute Gasteiger partial charge is 0.342 e. The predicted molar refractivity (Wildman–Crippen MR) is 103 cm³/mol. The van der Waals surface area contributed by atoms with Crippen LogP contribution in [0.3, 0.4) is 0 Å². The molecule has 0 radical (unpaired) electrons. The van der Waals surface area contributed by atoms with Crippen molar-refractivity contribution >= 4 is 34.2 Å². The highest BCUT2D eigenvalue weighted by atomic mass is 14.9. The third kappa shape index (κ3) is 2.83. The standard InChI is InChI=1S/C21H18N4/c1-3-14-9-11-19-21(16(14)4-2)25-20(24-19)12-10-15-13-22-17-7-5-6-8-18(17)23-15/h3-9,11,13H,1-2,10,12H2,(H,24,25). The van der Waals surface area contributed by atoms with Gasteiger partial charge in [-0.3, -0.25) is 4.98 Å². The molecule has 4 heteroatoms. The second kappa shape index (κ2) is 6.32. The lowest BCUT2D eigenvalue weighted by molar-refractivity contribution is 0.860. The molecule has 4 rings (SSSR count). The highest BCUT2D eigenvalue weighted by molar-refractivity contribution is 5.89. The molecule has 4 nitrogen and oxygen atoms in total. The van der Waals surface area contributed by atoms with Gasteiger partial charge in [0.2, 0.25) is 0 Å². The van der Waals surface area contributed by atoms with Crippen LogP contribution in [-0.2, 0) is 12.8 Å². The Morgan fingerprint density at radius 3 is 2.56 bits per heavy atom. The van der Waals surface area contributed by atoms with Crippen LogP contribution in [0.15, 0.2) is 55.8 Å². The fourth-order valence-corrected chi connectivity index (χ4v) is 3.04. The second-order valence-electron chi connectivity index (χ2n) is 5.91. The first-order valence-electron chi connectivity index (χ1n) is 8.25. The van der Waals surface area contributed by atoms with Gasteiger partial charge in [-0.05, 0) is 30.2 Å². The number of fused-ring (bicyclic) bond motifs is 2. The van der Waals surface area contributed by atoms with Crippen molar-refractivity contribution in [3.63, 3.8) is 0 Å². The fourth-order valence-electron chi connectivity index (χ4n) is 3.04. The molecule has 0 aliphatic heterocycles. The number of para-hydroxylation sites is 2. The first kappa shape index (κ1) is 15.3. The highest BCUT2D eigenvalue weighted by Crippen LogP contribution is 2.23. The summed E-state index contributed by atoms with van der Waals surface area (Å²) < 4.78 is 0. The number of aromatic nitrogens is 4. The fraction of sp³-hybridized carbons (Fsp3) is 0.0952. The van der Waals surface area contributed by atoms with Gasteiger partial charge in [-0.15, -0.1) is 0 Å². The van der Waals surface area contributed by atoms with Gasteiger partial charge < -0.3 is 4.98 Å². The number of rotatable bonds is 5. The van der Waals surface area contributed by atoms with Crippen LogP contribution >= 0.6 is 0 Å². The van der Waals surface area contributed by atoms with Crippen LogP contribution in [0.4, 0.5) is 0 Å². The summed E-state index contributed by atoms with van der Waals surface area (Å²) in [6, 6.07) is 12.0. The van der Waals surface area contributed by atoms with Crippen LogP contribution in [0.2, 0.25) is 0 Å². The molecule has 2 aromatic carbocycles. The second-order valence-corrected chi connectivity index (χ2v) is 5.91. The SMILES string of the molecule is C=Cc1ccc2[nH]c(CCc3cnc4ccccc4n3)nc2c1C=C. The molecule has 0 fully saturated rings. The Labute approximate surface area is 146 Å². The van der Waals surface area contributed by atoms with Gasteiger partial charge in [-0.25, -0.2) is 9.97 Å². The van der Waals surface area contributed by atoms with Gasteiger partial charge in [0.15, 0.2) is 0 Å². The van der Waals surface area contributed by atoms with E-state index in [1.54, 1.807) is 0 Å². The lowest BCUT2D eigenvalue weighted by atomic mass is 10.1. The lowest BCUT2D eigenvalue weighted by Crippen LogP contribution is -1.97. The summed E-state index contributed by atoms with van der Waals surface area (Å²) in [6.45, 7) is 7.75. The smallest absolute Gasteiger partial charge is 0.107 e. The lowest BCUT2D eigenvalue weighted by Gasteiger charge is -2.01. The van der Waals surface area contributed by atoms with Crippen LogP contribution in [0.1, 0.15) is 22.6 Å². The molecule has 122 valence electrons. The average Bonchev–Trinajstić information content (AvgIpc) is 3.08. The van der Waals surface area contributed by atoms with E-state index in [1.807, 2.05) is 54.7 Å². The minimum atomic E-state index is 0.779. The van der Waals surface area contributed by atoms with Gasteiger partial charge in [0.1, 0.15) is 5.82 Å². The molecule has 0 unspecified atom stereocenters. The molecule has 0 amide bonds. The van der Waals surface area contributed by atoms with E-state index in [4.69, 9.17) is 4.98 Å². The topological polar surface area (TPSA) is 54.5 Å². The first-order chi connectivity index (χ1) is 12.3. The predicted octanol–water partition coefficient (Wildman–Crippen LogP) is 4.58. The van der Waals surface area contributed by atoms with E-state index in [2.05, 4.69) is 28.1 Å². The Balaban J connectivity index is 1.61. The summed E-state index contributed by atoms with van der Waals surface area (Å²) in [4.78, 5) is 17.3. The molecule has 0 aliphatic rings. The van der Waals surface area contributed by atoms with Crippen LogP contribution in [-0.4, -0.2) is 19.9 Å². The van der Waals surface area contributed by atoms with E-state index in [-0.39, 0.29) is 0 Å². The zero-order chi connectivity index (χ0) is 17.2. The van der Waals surface area contributed by atoms with Crippen molar-refractivity contribution in [2.75, 3.05) is 0 Å². The maximum absolute atomic E-state index is 4.75. The number of aryl methyl sites for hydroxylation is 2. The molecule has 2 aromatic heterocycles. The number of aromatic amines is 1. The Bertz CT molecular complexity index is 1090. The number of nitrogens with one attached hydrogen (secondary N) is 1. The minimum absolute atomic E-state index is 0.779. The molecule has 0 spiro atoms. The summed E-state index contributed by atoms with van der Waals surface area (Å²) in [7, 11) is 0. The highest BCUT2D eigenvalue weighted by Gasteiger charge is 2.09. The first-order valence-corrected chi connectivity index (χ1v) is 8.25. The van der Waals surface area contributed by atoms with E-state index < -0.39 is 0 Å². The number of benzene rings is 2. The summed E-state index contributed by atoms with van der Waals surface area (Å²) in [6.07, 6.45) is 7.07. The molecule has 25 heavy (non-hydrogen) atoms. The maximum atomic E-state index is 4.75. The monoisotopic (exact) mass is 326 g/mol. The van der Waals surface area contributed by atoms with E-state index in [1.165, 1.54) is 0 Å². The van der Waals surface area contributed by atoms with Gasteiger partial charge in [-0.2, -0.15) is 0 Å². The van der Waals surface area contributed by atoms with E-state index in [0.717, 1.165) is 57.6 Å². The molecule has 0 saturated heterocycles. The van der Waals surface area contributed by atoms with Crippen LogP contribution in [0, 0.1) is 0 Å². The Morgan fingerprint density at radius 2 is 1.76 bits per heavy atom. The zero-order valence-corrected chi connectivity index (χ0v) is 13.9. The van der Waals surface area contributed by atoms with Crippen molar-refractivity contribution in [3.8, 4) is 0 Å². The number of H-pyrrole nitrogens is 1. The zero-order valence-electron chi connectivity index (χ0n) is 13.9. The Kier molecular flexibility index (Phi) is 3.86. The number of hydrogen-bond donors (Lipinski definition) is 1. The van der Waals surface area contributed by atoms with Crippen LogP contribution < -0.4 is 0 Å². The molecule has 2 heterocycles. The number of imidazole rings is 1. The average molecular weight is 326 g/mol. The quantitative estimate of drug-likeness (QED) is 0.584. The molecule has 0 aliphatic carbocycles. The van der Waals surface area contributed by atoms with Crippen molar-refractivity contribution in [2.24, 2.45) is 0 Å². The van der Waals surface area contributed by atoms with Gasteiger partial charge in [0.05, 0.1) is 27.8 Å². The van der Waals surface area contributed by atoms with Crippen molar-refractivity contribution in [1.82, 2.24) is 19.9 Å². The maximum Gasteiger partial charge on any atom is 0.107 e. The minimum Gasteiger partial charge on any atom is -0.342 e. The van der Waals surface area contributed by atoms with Crippen molar-refractivity contribution in [3.05, 3.63) is 78.4 Å². The molecule has 0 atom stereocenters. The summed E-state index contributed by atoms with van der Waals surface area (Å²) >= 11 is 0. The normalized spacial score (nSPS) is 11.0. The van der Waals surface area contributed by atoms with E-state index in [9.17, 15) is 0 Å². The number of hydrogen-bond acceptors (Lipinski definition) is 3. The van der Waals surface area contributed by atoms with Crippen molar-refractivity contribution in [1.29, 1.82) is 0 Å². The molecule has 1 N–H and O–H groups in total. The van der Waals surface area contributed by atoms with Crippen LogP contribution in [0.25, 0.3) is 34.2 Å². The Morgan fingerprint density at radius 1 is 0.920 bits per heavy atom.